The molecular formula is C23H36O7Si. The SMILES string of the molecule is C=CC[C@H]1CC(=O)[C@@H]2C[C@@H](O[Si](C)(C)C(C)(C)C)[C@@H](C(=O)OC)[C@H](C(=O)OC)[C@H]1C2=O. The Morgan fingerprint density at radius 2 is 1.65 bits per heavy atom. The molecule has 2 fully saturated rings. The number of esters is 2. The second kappa shape index (κ2) is 9.36. The number of hydrogen-bond donors (Lipinski definition) is 0. The molecule has 0 aromatic rings. The van der Waals surface area contributed by atoms with Gasteiger partial charge >= 0.3 is 11.9 Å². The van der Waals surface area contributed by atoms with Crippen LogP contribution in [0.2, 0.25) is 18.1 Å². The number of ketones is 2. The number of Topliss-reactive ketones (excluding diaryl/α,β-unsaturated/α-hetero) is 2. The fraction of sp³-hybridized carbons (Fsp3) is 0.739. The molecule has 0 radical (unpaired) electrons. The highest BCUT2D eigenvalue weighted by Gasteiger charge is 2.59. The van der Waals surface area contributed by atoms with Crippen LogP contribution in [-0.2, 0) is 33.1 Å². The van der Waals surface area contributed by atoms with Crippen molar-refractivity contribution in [1.82, 2.24) is 0 Å². The Morgan fingerprint density at radius 1 is 1.10 bits per heavy atom. The van der Waals surface area contributed by atoms with Gasteiger partial charge in [0.2, 0.25) is 0 Å². The molecule has 0 N–H and O–H groups in total. The maximum atomic E-state index is 13.5. The monoisotopic (exact) mass is 452 g/mol. The van der Waals surface area contributed by atoms with E-state index in [1.165, 1.54) is 14.2 Å². The van der Waals surface area contributed by atoms with Gasteiger partial charge in [-0.2, -0.15) is 0 Å². The number of ether oxygens (including phenoxy) is 2. The quantitative estimate of drug-likeness (QED) is 0.264. The molecule has 0 aromatic heterocycles. The molecule has 6 atom stereocenters. The zero-order valence-electron chi connectivity index (χ0n) is 19.7. The summed E-state index contributed by atoms with van der Waals surface area (Å²) >= 11 is 0. The third-order valence-corrected chi connectivity index (χ3v) is 11.8. The van der Waals surface area contributed by atoms with Crippen molar-refractivity contribution in [1.29, 1.82) is 0 Å². The topological polar surface area (TPSA) is 96.0 Å². The van der Waals surface area contributed by atoms with Crippen LogP contribution >= 0.6 is 0 Å². The van der Waals surface area contributed by atoms with Gasteiger partial charge in [-0.05, 0) is 36.9 Å². The second-order valence-corrected chi connectivity index (χ2v) is 14.9. The van der Waals surface area contributed by atoms with Gasteiger partial charge in [0.05, 0.1) is 38.1 Å². The lowest BCUT2D eigenvalue weighted by atomic mass is 9.65. The summed E-state index contributed by atoms with van der Waals surface area (Å²) in [4.78, 5) is 52.4. The van der Waals surface area contributed by atoms with Crippen LogP contribution in [0.25, 0.3) is 0 Å². The van der Waals surface area contributed by atoms with E-state index in [4.69, 9.17) is 13.9 Å². The average Bonchev–Trinajstić information content (AvgIpc) is 2.76. The van der Waals surface area contributed by atoms with Gasteiger partial charge in [-0.1, -0.05) is 26.8 Å². The van der Waals surface area contributed by atoms with Crippen molar-refractivity contribution in [2.75, 3.05) is 14.2 Å². The molecule has 2 bridgehead atoms. The van der Waals surface area contributed by atoms with E-state index >= 15 is 0 Å². The third kappa shape index (κ3) is 4.85. The van der Waals surface area contributed by atoms with Crippen LogP contribution in [0.3, 0.4) is 0 Å². The molecule has 0 aliphatic heterocycles. The molecule has 0 amide bonds. The van der Waals surface area contributed by atoms with Crippen molar-refractivity contribution in [3.63, 3.8) is 0 Å². The van der Waals surface area contributed by atoms with Gasteiger partial charge in [0, 0.05) is 12.3 Å². The molecule has 174 valence electrons. The first-order valence-corrected chi connectivity index (χ1v) is 13.7. The van der Waals surface area contributed by atoms with E-state index in [1.807, 2.05) is 13.1 Å². The van der Waals surface area contributed by atoms with E-state index in [9.17, 15) is 19.2 Å². The fourth-order valence-electron chi connectivity index (χ4n) is 4.69. The number of allylic oxidation sites excluding steroid dienone is 1. The van der Waals surface area contributed by atoms with Crippen LogP contribution in [0.15, 0.2) is 12.7 Å². The standard InChI is InChI=1S/C23H36O7Si/c1-9-10-13-11-15(24)14-12-16(30-31(7,8)23(2,3)4)18(21(26)28-5)19(22(27)29-6)17(13)20(14)25/h9,13-14,16-19H,1,10-12H2,2-8H3/t13-,14-,16+,17-,18+,19+/m0/s1. The minimum absolute atomic E-state index is 0.0781. The largest absolute Gasteiger partial charge is 0.469 e. The van der Waals surface area contributed by atoms with Crippen LogP contribution in [-0.4, -0.2) is 52.1 Å². The van der Waals surface area contributed by atoms with Gasteiger partial charge in [0.15, 0.2) is 8.32 Å². The van der Waals surface area contributed by atoms with Crippen LogP contribution in [0, 0.1) is 29.6 Å². The molecule has 0 spiro atoms. The molecule has 2 saturated carbocycles. The Morgan fingerprint density at radius 3 is 2.13 bits per heavy atom. The summed E-state index contributed by atoms with van der Waals surface area (Å²) in [7, 11) is 0.0865. The highest BCUT2D eigenvalue weighted by Crippen LogP contribution is 2.48. The number of methoxy groups -OCH3 is 2. The Balaban J connectivity index is 2.68. The average molecular weight is 453 g/mol. The molecule has 2 rings (SSSR count). The number of carbonyl (C=O) groups excluding carboxylic acids is 4. The van der Waals surface area contributed by atoms with Gasteiger partial charge in [-0.3, -0.25) is 19.2 Å². The van der Waals surface area contributed by atoms with E-state index < -0.39 is 55.9 Å². The van der Waals surface area contributed by atoms with Crippen LogP contribution in [0.1, 0.15) is 40.0 Å². The minimum Gasteiger partial charge on any atom is -0.469 e. The number of fused-ring (bicyclic) bond motifs is 2. The number of rotatable bonds is 6. The first-order valence-electron chi connectivity index (χ1n) is 10.8. The van der Waals surface area contributed by atoms with Gasteiger partial charge in [-0.15, -0.1) is 6.58 Å². The van der Waals surface area contributed by atoms with Gasteiger partial charge in [0.25, 0.3) is 0 Å². The maximum absolute atomic E-state index is 13.5. The molecule has 0 heterocycles. The molecule has 7 nitrogen and oxygen atoms in total. The molecule has 0 saturated heterocycles. The molecule has 2 aliphatic carbocycles. The summed E-state index contributed by atoms with van der Waals surface area (Å²) in [6, 6.07) is 0. The Hall–Kier alpha value is -1.80. The summed E-state index contributed by atoms with van der Waals surface area (Å²) in [6.07, 6.45) is 1.49. The zero-order valence-corrected chi connectivity index (χ0v) is 20.7. The van der Waals surface area contributed by atoms with Crippen molar-refractivity contribution < 1.29 is 33.1 Å². The molecule has 2 aliphatic rings. The van der Waals surface area contributed by atoms with Crippen molar-refractivity contribution in [3.8, 4) is 0 Å². The first kappa shape index (κ1) is 25.5. The first-order chi connectivity index (χ1) is 14.3. The molecule has 31 heavy (non-hydrogen) atoms. The number of hydrogen-bond acceptors (Lipinski definition) is 7. The van der Waals surface area contributed by atoms with E-state index in [2.05, 4.69) is 27.4 Å². The highest BCUT2D eigenvalue weighted by molar-refractivity contribution is 6.74. The van der Waals surface area contributed by atoms with Gasteiger partial charge in [-0.25, -0.2) is 0 Å². The normalized spacial score (nSPS) is 31.6. The van der Waals surface area contributed by atoms with Crippen LogP contribution < -0.4 is 0 Å². The van der Waals surface area contributed by atoms with E-state index in [0.717, 1.165) is 0 Å². The predicted octanol–water partition coefficient (Wildman–Crippen LogP) is 3.33. The maximum Gasteiger partial charge on any atom is 0.312 e. The fourth-order valence-corrected chi connectivity index (χ4v) is 6.04. The number of carbonyl (C=O) groups is 4. The van der Waals surface area contributed by atoms with Crippen molar-refractivity contribution in [2.45, 2.75) is 64.3 Å². The molecular weight excluding hydrogens is 416 g/mol. The van der Waals surface area contributed by atoms with Crippen molar-refractivity contribution in [3.05, 3.63) is 12.7 Å². The minimum atomic E-state index is -2.41. The third-order valence-electron chi connectivity index (χ3n) is 7.34. The smallest absolute Gasteiger partial charge is 0.312 e. The van der Waals surface area contributed by atoms with E-state index in [1.54, 1.807) is 6.08 Å². The van der Waals surface area contributed by atoms with E-state index in [0.29, 0.717) is 6.42 Å². The van der Waals surface area contributed by atoms with Crippen molar-refractivity contribution >= 4 is 31.8 Å². The lowest BCUT2D eigenvalue weighted by molar-refractivity contribution is -0.166. The summed E-state index contributed by atoms with van der Waals surface area (Å²) in [5.74, 6) is -5.93. The molecule has 0 unspecified atom stereocenters. The highest BCUT2D eigenvalue weighted by atomic mass is 28.4. The van der Waals surface area contributed by atoms with Crippen LogP contribution in [0.5, 0.6) is 0 Å². The molecule has 0 aromatic carbocycles. The Labute approximate surface area is 186 Å². The Bertz CT molecular complexity index is 752. The van der Waals surface area contributed by atoms with Crippen LogP contribution in [0.4, 0.5) is 0 Å². The lowest BCUT2D eigenvalue weighted by Gasteiger charge is -2.41. The zero-order chi connectivity index (χ0) is 23.7. The summed E-state index contributed by atoms with van der Waals surface area (Å²) in [5.41, 5.74) is 0. The second-order valence-electron chi connectivity index (χ2n) is 10.2. The summed E-state index contributed by atoms with van der Waals surface area (Å²) < 4.78 is 16.7. The van der Waals surface area contributed by atoms with Gasteiger partial charge < -0.3 is 13.9 Å². The molecule has 8 heteroatoms. The lowest BCUT2D eigenvalue weighted by Crippen LogP contribution is -2.51. The van der Waals surface area contributed by atoms with E-state index in [-0.39, 0.29) is 29.4 Å². The summed E-state index contributed by atoms with van der Waals surface area (Å²) in [5, 5.41) is -0.171. The Kier molecular flexibility index (Phi) is 7.69. The summed E-state index contributed by atoms with van der Waals surface area (Å²) in [6.45, 7) is 14.0. The van der Waals surface area contributed by atoms with Gasteiger partial charge in [0.1, 0.15) is 11.6 Å². The predicted molar refractivity (Wildman–Crippen MR) is 118 cm³/mol. The van der Waals surface area contributed by atoms with Crippen molar-refractivity contribution in [2.24, 2.45) is 29.6 Å².